The summed E-state index contributed by atoms with van der Waals surface area (Å²) in [6, 6.07) is 20.6. The first-order valence-electron chi connectivity index (χ1n) is 15.6. The molecule has 5 rings (SSSR count). The number of carbonyl (C=O) groups excluding carboxylic acids is 2. The van der Waals surface area contributed by atoms with Gasteiger partial charge in [-0.05, 0) is 101 Å². The average Bonchev–Trinajstić information content (AvgIpc) is 3.43. The van der Waals surface area contributed by atoms with Crippen molar-refractivity contribution < 1.29 is 14.3 Å². The molecule has 0 N–H and O–H groups in total. The van der Waals surface area contributed by atoms with Crippen molar-refractivity contribution in [3.8, 4) is 11.1 Å². The zero-order valence-electron chi connectivity index (χ0n) is 26.9. The summed E-state index contributed by atoms with van der Waals surface area (Å²) in [6.07, 6.45) is 6.30. The van der Waals surface area contributed by atoms with E-state index in [0.717, 1.165) is 46.5 Å². The van der Waals surface area contributed by atoms with Crippen LogP contribution in [-0.4, -0.2) is 40.5 Å². The maximum atomic E-state index is 13.7. The predicted molar refractivity (Wildman–Crippen MR) is 177 cm³/mol. The van der Waals surface area contributed by atoms with Crippen LogP contribution in [0.15, 0.2) is 73.1 Å². The maximum absolute atomic E-state index is 13.7. The molecule has 0 radical (unpaired) electrons. The fourth-order valence-corrected chi connectivity index (χ4v) is 5.92. The summed E-state index contributed by atoms with van der Waals surface area (Å²) in [5.74, 6) is 0.0725. The molecule has 0 bridgehead atoms. The van der Waals surface area contributed by atoms with Crippen LogP contribution in [0.4, 0.5) is 16.2 Å². The van der Waals surface area contributed by atoms with Gasteiger partial charge >= 0.3 is 6.09 Å². The third kappa shape index (κ3) is 7.21. The summed E-state index contributed by atoms with van der Waals surface area (Å²) in [5.41, 5.74) is 9.15. The van der Waals surface area contributed by atoms with Gasteiger partial charge in [0, 0.05) is 37.0 Å². The Balaban J connectivity index is 1.30. The number of anilines is 2. The first-order chi connectivity index (χ1) is 21.0. The molecule has 3 aromatic carbocycles. The molecule has 0 fully saturated rings. The van der Waals surface area contributed by atoms with E-state index in [1.807, 2.05) is 74.7 Å². The van der Waals surface area contributed by atoms with E-state index in [0.29, 0.717) is 32.5 Å². The summed E-state index contributed by atoms with van der Waals surface area (Å²) in [4.78, 5) is 30.5. The number of rotatable bonds is 8. The molecule has 0 saturated heterocycles. The lowest BCUT2D eigenvalue weighted by Crippen LogP contribution is -2.39. The molecular formula is C37H44N4O3. The quantitative estimate of drug-likeness (QED) is 0.208. The van der Waals surface area contributed by atoms with Gasteiger partial charge in [0.2, 0.25) is 5.91 Å². The lowest BCUT2D eigenvalue weighted by Gasteiger charge is -2.32. The van der Waals surface area contributed by atoms with Crippen LogP contribution in [0.25, 0.3) is 11.1 Å². The van der Waals surface area contributed by atoms with Gasteiger partial charge in [-0.15, -0.1) is 0 Å². The second-order valence-corrected chi connectivity index (χ2v) is 12.8. The third-order valence-corrected chi connectivity index (χ3v) is 8.18. The zero-order chi connectivity index (χ0) is 31.4. The summed E-state index contributed by atoms with van der Waals surface area (Å²) < 4.78 is 7.72. The molecule has 44 heavy (non-hydrogen) atoms. The van der Waals surface area contributed by atoms with Gasteiger partial charge in [0.1, 0.15) is 5.60 Å². The molecule has 1 aliphatic heterocycles. The second-order valence-electron chi connectivity index (χ2n) is 12.8. The Morgan fingerprint density at radius 2 is 1.77 bits per heavy atom. The molecule has 2 amide bonds. The molecule has 7 heteroatoms. The Morgan fingerprint density at radius 3 is 2.55 bits per heavy atom. The lowest BCUT2D eigenvalue weighted by atomic mass is 9.93. The van der Waals surface area contributed by atoms with Crippen molar-refractivity contribution in [1.82, 2.24) is 9.78 Å². The zero-order valence-corrected chi connectivity index (χ0v) is 26.9. The predicted octanol–water partition coefficient (Wildman–Crippen LogP) is 8.02. The monoisotopic (exact) mass is 592 g/mol. The highest BCUT2D eigenvalue weighted by molar-refractivity contribution is 5.96. The Morgan fingerprint density at radius 1 is 1.00 bits per heavy atom. The first-order valence-corrected chi connectivity index (χ1v) is 15.6. The summed E-state index contributed by atoms with van der Waals surface area (Å²) in [7, 11) is 0. The number of carbonyl (C=O) groups is 2. The minimum absolute atomic E-state index is 0.0725. The highest BCUT2D eigenvalue weighted by Gasteiger charge is 2.27. The molecule has 7 nitrogen and oxygen atoms in total. The number of amides is 2. The largest absolute Gasteiger partial charge is 0.443 e. The summed E-state index contributed by atoms with van der Waals surface area (Å²) in [6.45, 7) is 13.6. The molecule has 0 saturated carbocycles. The average molecular weight is 593 g/mol. The van der Waals surface area contributed by atoms with E-state index in [1.54, 1.807) is 4.90 Å². The second kappa shape index (κ2) is 13.1. The molecule has 1 aromatic heterocycles. The minimum atomic E-state index is -0.616. The van der Waals surface area contributed by atoms with E-state index in [-0.39, 0.29) is 5.91 Å². The third-order valence-electron chi connectivity index (χ3n) is 8.18. The van der Waals surface area contributed by atoms with Crippen LogP contribution in [0.5, 0.6) is 0 Å². The molecule has 0 atom stereocenters. The van der Waals surface area contributed by atoms with Crippen molar-refractivity contribution in [3.05, 3.63) is 101 Å². The Labute approximate surface area is 261 Å². The van der Waals surface area contributed by atoms with Crippen LogP contribution >= 0.6 is 0 Å². The van der Waals surface area contributed by atoms with Gasteiger partial charge in [-0.2, -0.15) is 5.10 Å². The molecule has 230 valence electrons. The van der Waals surface area contributed by atoms with E-state index in [1.165, 1.54) is 16.7 Å². The molecule has 4 aromatic rings. The number of aromatic nitrogens is 2. The number of fused-ring (bicyclic) bond motifs is 1. The van der Waals surface area contributed by atoms with E-state index in [9.17, 15) is 9.59 Å². The van der Waals surface area contributed by atoms with E-state index >= 15 is 0 Å². The van der Waals surface area contributed by atoms with Gasteiger partial charge in [-0.1, -0.05) is 54.1 Å². The lowest BCUT2D eigenvalue weighted by molar-refractivity contribution is -0.118. The van der Waals surface area contributed by atoms with E-state index in [4.69, 9.17) is 4.74 Å². The van der Waals surface area contributed by atoms with Gasteiger partial charge in [-0.3, -0.25) is 14.4 Å². The number of benzene rings is 3. The maximum Gasteiger partial charge on any atom is 0.414 e. The normalized spacial score (nSPS) is 13.0. The van der Waals surface area contributed by atoms with Gasteiger partial charge < -0.3 is 9.64 Å². The topological polar surface area (TPSA) is 67.7 Å². The first kappa shape index (κ1) is 31.0. The molecular weight excluding hydrogens is 548 g/mol. The van der Waals surface area contributed by atoms with Crippen LogP contribution in [-0.2, 0) is 22.5 Å². The molecule has 2 heterocycles. The highest BCUT2D eigenvalue weighted by Crippen LogP contribution is 2.36. The number of aryl methyl sites for hydroxylation is 2. The number of ether oxygens (including phenoxy) is 1. The van der Waals surface area contributed by atoms with Crippen LogP contribution in [0.3, 0.4) is 0 Å². The molecule has 1 aliphatic rings. The minimum Gasteiger partial charge on any atom is -0.443 e. The van der Waals surface area contributed by atoms with Crippen molar-refractivity contribution in [2.75, 3.05) is 22.9 Å². The van der Waals surface area contributed by atoms with Crippen molar-refractivity contribution in [3.63, 3.8) is 0 Å². The summed E-state index contributed by atoms with van der Waals surface area (Å²) >= 11 is 0. The van der Waals surface area contributed by atoms with Crippen LogP contribution < -0.4 is 9.80 Å². The number of hydrogen-bond donors (Lipinski definition) is 0. The smallest absolute Gasteiger partial charge is 0.414 e. The molecule has 0 aliphatic carbocycles. The van der Waals surface area contributed by atoms with Crippen LogP contribution in [0, 0.1) is 20.8 Å². The highest BCUT2D eigenvalue weighted by atomic mass is 16.6. The van der Waals surface area contributed by atoms with Gasteiger partial charge in [0.05, 0.1) is 18.4 Å². The Kier molecular flexibility index (Phi) is 9.23. The molecule has 0 unspecified atom stereocenters. The number of nitrogens with zero attached hydrogens (tertiary/aromatic N) is 4. The van der Waals surface area contributed by atoms with E-state index < -0.39 is 11.7 Å². The number of hydrogen-bond acceptors (Lipinski definition) is 4. The van der Waals surface area contributed by atoms with Crippen molar-refractivity contribution in [1.29, 1.82) is 0 Å². The fourth-order valence-electron chi connectivity index (χ4n) is 5.92. The standard InChI is InChI=1S/C37H44N4O3/c1-26-12-7-14-29(22-26)24-39-25-30(23-38-39)31-15-9-18-34-32(31)16-10-20-40(34)35(42)19-11-21-41(36(43)44-37(4,5)6)33-17-8-13-27(2)28(33)3/h7-9,12-15,17-18,22-23,25H,10-11,16,19-21,24H2,1-6H3. The van der Waals surface area contributed by atoms with Crippen molar-refractivity contribution in [2.24, 2.45) is 0 Å². The van der Waals surface area contributed by atoms with Crippen LogP contribution in [0.1, 0.15) is 67.9 Å². The van der Waals surface area contributed by atoms with Gasteiger partial charge in [0.15, 0.2) is 0 Å². The van der Waals surface area contributed by atoms with E-state index in [2.05, 4.69) is 54.6 Å². The van der Waals surface area contributed by atoms with Gasteiger partial charge in [-0.25, -0.2) is 4.79 Å². The van der Waals surface area contributed by atoms with Crippen molar-refractivity contribution in [2.45, 2.75) is 79.4 Å². The Bertz CT molecular complexity index is 1650. The SMILES string of the molecule is Cc1cccc(Cn2cc(-c3cccc4c3CCCN4C(=O)CCCN(C(=O)OC(C)(C)C)c3cccc(C)c3C)cn2)c1. The van der Waals surface area contributed by atoms with Crippen LogP contribution in [0.2, 0.25) is 0 Å². The fraction of sp³-hybridized carbons (Fsp3) is 0.378. The van der Waals surface area contributed by atoms with Gasteiger partial charge in [0.25, 0.3) is 0 Å². The summed E-state index contributed by atoms with van der Waals surface area (Å²) in [5, 5.41) is 4.64. The Hall–Kier alpha value is -4.39. The van der Waals surface area contributed by atoms with Crippen molar-refractivity contribution >= 4 is 23.4 Å². The molecule has 0 spiro atoms.